The maximum absolute atomic E-state index is 12.6. The number of carboxylic acid groups (broad SMARTS) is 1. The number of primary amides is 3. The molecule has 16 nitrogen and oxygen atoms in total. The molecule has 0 aliphatic heterocycles. The average Bonchev–Trinajstić information content (AvgIpc) is 2.67. The summed E-state index contributed by atoms with van der Waals surface area (Å²) in [4.78, 5) is 81.4. The van der Waals surface area contributed by atoms with Crippen LogP contribution in [0.4, 0.5) is 0 Å². The van der Waals surface area contributed by atoms with Gasteiger partial charge in [0.2, 0.25) is 35.4 Å². The molecule has 0 aromatic carbocycles. The number of carboxylic acids is 1. The summed E-state index contributed by atoms with van der Waals surface area (Å²) in [5.41, 5.74) is 20.4. The Morgan fingerprint density at radius 1 is 0.688 bits per heavy atom. The summed E-state index contributed by atoms with van der Waals surface area (Å²) < 4.78 is 0. The van der Waals surface area contributed by atoms with Gasteiger partial charge < -0.3 is 49.1 Å². The Labute approximate surface area is 181 Å². The van der Waals surface area contributed by atoms with E-state index in [0.29, 0.717) is 0 Å². The van der Waals surface area contributed by atoms with Crippen molar-refractivity contribution in [1.82, 2.24) is 16.0 Å². The minimum absolute atomic E-state index is 0.324. The lowest BCUT2D eigenvalue weighted by molar-refractivity contribution is -0.144. The second-order valence-corrected chi connectivity index (χ2v) is 6.66. The zero-order valence-corrected chi connectivity index (χ0v) is 16.9. The van der Waals surface area contributed by atoms with Gasteiger partial charge in [-0.05, 0) is 6.42 Å². The largest absolute Gasteiger partial charge is 0.480 e. The molecule has 0 saturated carbocycles. The van der Waals surface area contributed by atoms with Crippen molar-refractivity contribution in [2.24, 2.45) is 22.9 Å². The van der Waals surface area contributed by atoms with Crippen LogP contribution in [0.2, 0.25) is 0 Å². The highest BCUT2D eigenvalue weighted by atomic mass is 16.4. The van der Waals surface area contributed by atoms with E-state index in [1.165, 1.54) is 0 Å². The Bertz CT molecular complexity index is 758. The van der Waals surface area contributed by atoms with Crippen LogP contribution >= 0.6 is 0 Å². The second-order valence-electron chi connectivity index (χ2n) is 6.66. The number of rotatable bonds is 15. The molecule has 0 bridgehead atoms. The van der Waals surface area contributed by atoms with Gasteiger partial charge in [0, 0.05) is 6.42 Å². The number of carbonyl (C=O) groups excluding carboxylic acids is 6. The summed E-state index contributed by atoms with van der Waals surface area (Å²) in [5, 5.41) is 24.2. The molecule has 4 atom stereocenters. The molecule has 0 spiro atoms. The third-order valence-corrected chi connectivity index (χ3v) is 3.90. The molecule has 0 aliphatic carbocycles. The summed E-state index contributed by atoms with van der Waals surface area (Å²) in [6.07, 6.45) is -2.23. The third kappa shape index (κ3) is 10.8. The lowest BCUT2D eigenvalue weighted by Gasteiger charge is -2.24. The summed E-state index contributed by atoms with van der Waals surface area (Å²) in [6, 6.07) is -6.31. The molecular formula is C16H27N7O9. The lowest BCUT2D eigenvalue weighted by Crippen LogP contribution is -2.58. The summed E-state index contributed by atoms with van der Waals surface area (Å²) >= 11 is 0. The fourth-order valence-corrected chi connectivity index (χ4v) is 2.27. The topological polar surface area (TPSA) is 300 Å². The van der Waals surface area contributed by atoms with Crippen molar-refractivity contribution in [3.8, 4) is 0 Å². The maximum atomic E-state index is 12.6. The van der Waals surface area contributed by atoms with Gasteiger partial charge in [-0.1, -0.05) is 0 Å². The van der Waals surface area contributed by atoms with Crippen molar-refractivity contribution in [3.63, 3.8) is 0 Å². The van der Waals surface area contributed by atoms with Crippen LogP contribution in [0.15, 0.2) is 0 Å². The number of carbonyl (C=O) groups is 7. The van der Waals surface area contributed by atoms with E-state index in [1.54, 1.807) is 0 Å². The fraction of sp³-hybridized carbons (Fsp3) is 0.562. The SMILES string of the molecule is NC(=O)CCC(NC(=O)C(N)CO)C(=O)NC(CC(N)=O)C(=O)NC(CC(N)=O)C(=O)O. The van der Waals surface area contributed by atoms with E-state index in [2.05, 4.69) is 10.6 Å². The number of hydrogen-bond acceptors (Lipinski definition) is 9. The standard InChI is InChI=1S/C16H27N7O9/c17-6(5-24)13(28)21-7(1-2-10(18)25)14(29)22-8(3-11(19)26)15(30)23-9(16(31)32)4-12(20)27/h6-9,24H,1-5,17H2,(H2,18,25)(H2,19,26)(H2,20,27)(H,21,28)(H,22,29)(H,23,30)(H,31,32). The number of hydrogen-bond donors (Lipinski definition) is 9. The van der Waals surface area contributed by atoms with Crippen LogP contribution in [0.3, 0.4) is 0 Å². The number of aliphatic hydroxyl groups is 1. The Balaban J connectivity index is 5.55. The van der Waals surface area contributed by atoms with Gasteiger partial charge in [-0.25, -0.2) is 4.79 Å². The molecule has 0 aromatic rings. The molecule has 6 amide bonds. The molecule has 0 heterocycles. The van der Waals surface area contributed by atoms with Crippen molar-refractivity contribution in [1.29, 1.82) is 0 Å². The first-order valence-electron chi connectivity index (χ1n) is 9.13. The van der Waals surface area contributed by atoms with Crippen LogP contribution in [0, 0.1) is 0 Å². The van der Waals surface area contributed by atoms with Crippen molar-refractivity contribution in [2.75, 3.05) is 6.61 Å². The Kier molecular flexibility index (Phi) is 11.9. The first-order chi connectivity index (χ1) is 14.8. The number of nitrogens with two attached hydrogens (primary N) is 4. The molecule has 0 fully saturated rings. The van der Waals surface area contributed by atoms with Gasteiger partial charge in [-0.15, -0.1) is 0 Å². The van der Waals surface area contributed by atoms with Gasteiger partial charge in [0.1, 0.15) is 24.2 Å². The molecule has 0 aliphatic rings. The van der Waals surface area contributed by atoms with E-state index in [9.17, 15) is 33.6 Å². The molecule has 0 aromatic heterocycles. The zero-order chi connectivity index (χ0) is 25.0. The van der Waals surface area contributed by atoms with E-state index < -0.39 is 85.0 Å². The second kappa shape index (κ2) is 13.5. The highest BCUT2D eigenvalue weighted by molar-refractivity contribution is 5.96. The summed E-state index contributed by atoms with van der Waals surface area (Å²) in [5.74, 6) is -7.71. The van der Waals surface area contributed by atoms with Crippen molar-refractivity contribution >= 4 is 41.4 Å². The Hall–Kier alpha value is -3.79. The van der Waals surface area contributed by atoms with Crippen LogP contribution < -0.4 is 38.9 Å². The van der Waals surface area contributed by atoms with Gasteiger partial charge in [0.05, 0.1) is 19.4 Å². The molecule has 32 heavy (non-hydrogen) atoms. The predicted molar refractivity (Wildman–Crippen MR) is 105 cm³/mol. The van der Waals surface area contributed by atoms with Gasteiger partial charge in [0.25, 0.3) is 0 Å². The van der Waals surface area contributed by atoms with E-state index in [4.69, 9.17) is 33.1 Å². The first-order valence-corrected chi connectivity index (χ1v) is 9.13. The normalized spacial score (nSPS) is 14.2. The van der Waals surface area contributed by atoms with E-state index in [1.807, 2.05) is 5.32 Å². The quantitative estimate of drug-likeness (QED) is 0.111. The monoisotopic (exact) mass is 461 g/mol. The highest BCUT2D eigenvalue weighted by Crippen LogP contribution is 2.03. The fourth-order valence-electron chi connectivity index (χ4n) is 2.27. The minimum Gasteiger partial charge on any atom is -0.480 e. The lowest BCUT2D eigenvalue weighted by atomic mass is 10.1. The molecule has 180 valence electrons. The molecular weight excluding hydrogens is 434 g/mol. The number of aliphatic hydroxyl groups excluding tert-OH is 1. The highest BCUT2D eigenvalue weighted by Gasteiger charge is 2.31. The van der Waals surface area contributed by atoms with Crippen LogP contribution in [0.25, 0.3) is 0 Å². The van der Waals surface area contributed by atoms with Crippen LogP contribution in [-0.2, 0) is 33.6 Å². The number of nitrogens with one attached hydrogen (secondary N) is 3. The molecule has 0 radical (unpaired) electrons. The van der Waals surface area contributed by atoms with Gasteiger partial charge >= 0.3 is 5.97 Å². The van der Waals surface area contributed by atoms with Crippen LogP contribution in [-0.4, -0.2) is 82.4 Å². The summed E-state index contributed by atoms with van der Waals surface area (Å²) in [7, 11) is 0. The minimum atomic E-state index is -1.75. The maximum Gasteiger partial charge on any atom is 0.326 e. The van der Waals surface area contributed by atoms with Crippen molar-refractivity contribution in [2.45, 2.75) is 49.9 Å². The van der Waals surface area contributed by atoms with Gasteiger partial charge in [-0.2, -0.15) is 0 Å². The third-order valence-electron chi connectivity index (χ3n) is 3.90. The van der Waals surface area contributed by atoms with E-state index in [-0.39, 0.29) is 12.8 Å². The molecule has 0 saturated heterocycles. The smallest absolute Gasteiger partial charge is 0.326 e. The number of amides is 6. The average molecular weight is 461 g/mol. The van der Waals surface area contributed by atoms with Gasteiger partial charge in [0.15, 0.2) is 0 Å². The van der Waals surface area contributed by atoms with Crippen molar-refractivity contribution in [3.05, 3.63) is 0 Å². The Morgan fingerprint density at radius 2 is 1.12 bits per heavy atom. The molecule has 13 N–H and O–H groups in total. The first kappa shape index (κ1) is 28.2. The Morgan fingerprint density at radius 3 is 1.56 bits per heavy atom. The summed E-state index contributed by atoms with van der Waals surface area (Å²) in [6.45, 7) is -0.751. The molecule has 4 unspecified atom stereocenters. The van der Waals surface area contributed by atoms with Crippen LogP contribution in [0.5, 0.6) is 0 Å². The number of aliphatic carboxylic acids is 1. The van der Waals surface area contributed by atoms with Crippen LogP contribution in [0.1, 0.15) is 25.7 Å². The zero-order valence-electron chi connectivity index (χ0n) is 16.9. The van der Waals surface area contributed by atoms with E-state index >= 15 is 0 Å². The molecule has 16 heteroatoms. The molecule has 0 rings (SSSR count). The van der Waals surface area contributed by atoms with E-state index in [0.717, 1.165) is 0 Å². The predicted octanol–water partition coefficient (Wildman–Crippen LogP) is -6.14. The van der Waals surface area contributed by atoms with Gasteiger partial charge in [-0.3, -0.25) is 28.8 Å². The van der Waals surface area contributed by atoms with Crippen molar-refractivity contribution < 1.29 is 43.8 Å².